The molecule has 0 bridgehead atoms. The van der Waals surface area contributed by atoms with Gasteiger partial charge in [-0.3, -0.25) is 10.1 Å². The van der Waals surface area contributed by atoms with E-state index in [4.69, 9.17) is 0 Å². The second kappa shape index (κ2) is 5.70. The number of unbranched alkanes of at least 4 members (excludes halogenated alkanes) is 1. The van der Waals surface area contributed by atoms with Crippen LogP contribution in [-0.4, -0.2) is 18.6 Å². The van der Waals surface area contributed by atoms with Crippen molar-refractivity contribution in [3.05, 3.63) is 0 Å². The van der Waals surface area contributed by atoms with Crippen molar-refractivity contribution in [2.24, 2.45) is 0 Å². The summed E-state index contributed by atoms with van der Waals surface area (Å²) in [4.78, 5) is 20.8. The van der Waals surface area contributed by atoms with Crippen molar-refractivity contribution in [3.8, 4) is 0 Å². The monoisotopic (exact) mass is 159 g/mol. The highest BCUT2D eigenvalue weighted by atomic mass is 16.5. The van der Waals surface area contributed by atoms with Gasteiger partial charge < -0.3 is 4.74 Å². The van der Waals surface area contributed by atoms with Crippen LogP contribution in [0.25, 0.3) is 0 Å². The summed E-state index contributed by atoms with van der Waals surface area (Å²) in [5, 5.41) is 2.00. The molecule has 0 aromatic carbocycles. The van der Waals surface area contributed by atoms with Gasteiger partial charge >= 0.3 is 6.09 Å². The van der Waals surface area contributed by atoms with Gasteiger partial charge in [-0.1, -0.05) is 13.3 Å². The number of hydrogen-bond donors (Lipinski definition) is 1. The number of amides is 2. The largest absolute Gasteiger partial charge is 0.449 e. The van der Waals surface area contributed by atoms with E-state index in [1.165, 1.54) is 6.92 Å². The lowest BCUT2D eigenvalue weighted by Gasteiger charge is -2.01. The molecule has 4 nitrogen and oxygen atoms in total. The molecule has 0 aliphatic heterocycles. The lowest BCUT2D eigenvalue weighted by atomic mass is 10.4. The Hall–Kier alpha value is -1.06. The summed E-state index contributed by atoms with van der Waals surface area (Å²) < 4.78 is 4.62. The first-order valence-corrected chi connectivity index (χ1v) is 3.61. The second-order valence-corrected chi connectivity index (χ2v) is 2.17. The highest BCUT2D eigenvalue weighted by Gasteiger charge is 2.01. The van der Waals surface area contributed by atoms with Crippen molar-refractivity contribution in [3.63, 3.8) is 0 Å². The van der Waals surface area contributed by atoms with Crippen LogP contribution in [0.1, 0.15) is 26.7 Å². The minimum atomic E-state index is -0.661. The topological polar surface area (TPSA) is 55.4 Å². The van der Waals surface area contributed by atoms with Crippen LogP contribution in [0.15, 0.2) is 0 Å². The number of ether oxygens (including phenoxy) is 1. The summed E-state index contributed by atoms with van der Waals surface area (Å²) in [6, 6.07) is 0. The average molecular weight is 159 g/mol. The molecule has 0 fully saturated rings. The van der Waals surface area contributed by atoms with Gasteiger partial charge in [-0.15, -0.1) is 0 Å². The first kappa shape index (κ1) is 9.94. The standard InChI is InChI=1S/C7H13NO3/c1-3-4-5-11-7(10)8-6(2)9/h3-5H2,1-2H3,(H,8,9,10). The average Bonchev–Trinajstić information content (AvgIpc) is 1.86. The fraction of sp³-hybridized carbons (Fsp3) is 0.714. The smallest absolute Gasteiger partial charge is 0.413 e. The molecule has 0 spiro atoms. The molecule has 2 amide bonds. The van der Waals surface area contributed by atoms with Crippen molar-refractivity contribution >= 4 is 12.0 Å². The van der Waals surface area contributed by atoms with Crippen molar-refractivity contribution < 1.29 is 14.3 Å². The third-order valence-electron chi connectivity index (χ3n) is 1.01. The molecule has 0 radical (unpaired) electrons. The number of carbonyl (C=O) groups is 2. The van der Waals surface area contributed by atoms with Gasteiger partial charge in [-0.2, -0.15) is 0 Å². The van der Waals surface area contributed by atoms with Crippen LogP contribution in [0, 0.1) is 0 Å². The zero-order valence-corrected chi connectivity index (χ0v) is 6.85. The Morgan fingerprint density at radius 3 is 2.55 bits per heavy atom. The highest BCUT2D eigenvalue weighted by molar-refractivity contribution is 5.90. The van der Waals surface area contributed by atoms with Gasteiger partial charge in [0.05, 0.1) is 6.61 Å². The van der Waals surface area contributed by atoms with Crippen molar-refractivity contribution in [2.45, 2.75) is 26.7 Å². The summed E-state index contributed by atoms with van der Waals surface area (Å²) in [7, 11) is 0. The number of alkyl carbamates (subject to hydrolysis) is 1. The van der Waals surface area contributed by atoms with Crippen molar-refractivity contribution in [2.75, 3.05) is 6.61 Å². The summed E-state index contributed by atoms with van der Waals surface area (Å²) in [6.45, 7) is 3.63. The Morgan fingerprint density at radius 1 is 1.45 bits per heavy atom. The van der Waals surface area contributed by atoms with E-state index in [0.717, 1.165) is 12.8 Å². The SMILES string of the molecule is CCCCOC(=O)NC(C)=O. The Morgan fingerprint density at radius 2 is 2.09 bits per heavy atom. The highest BCUT2D eigenvalue weighted by Crippen LogP contribution is 1.87. The zero-order valence-electron chi connectivity index (χ0n) is 6.85. The Bertz CT molecular complexity index is 145. The van der Waals surface area contributed by atoms with Gasteiger partial charge in [-0.25, -0.2) is 4.79 Å². The van der Waals surface area contributed by atoms with Crippen LogP contribution in [0.4, 0.5) is 4.79 Å². The van der Waals surface area contributed by atoms with Crippen molar-refractivity contribution in [1.82, 2.24) is 5.32 Å². The van der Waals surface area contributed by atoms with Gasteiger partial charge in [0.1, 0.15) is 0 Å². The molecular weight excluding hydrogens is 146 g/mol. The van der Waals surface area contributed by atoms with Crippen LogP contribution in [-0.2, 0) is 9.53 Å². The molecular formula is C7H13NO3. The lowest BCUT2D eigenvalue weighted by Crippen LogP contribution is -2.28. The predicted molar refractivity (Wildman–Crippen MR) is 40.1 cm³/mol. The predicted octanol–water partition coefficient (Wildman–Crippen LogP) is 1.06. The third-order valence-corrected chi connectivity index (χ3v) is 1.01. The summed E-state index contributed by atoms with van der Waals surface area (Å²) in [5.41, 5.74) is 0. The Balaban J connectivity index is 3.30. The molecule has 0 aromatic heterocycles. The molecule has 0 aliphatic carbocycles. The molecule has 0 aromatic rings. The van der Waals surface area contributed by atoms with E-state index in [2.05, 4.69) is 4.74 Å². The van der Waals surface area contributed by atoms with Gasteiger partial charge in [0.15, 0.2) is 0 Å². The fourth-order valence-corrected chi connectivity index (χ4v) is 0.489. The maximum absolute atomic E-state index is 10.6. The normalized spacial score (nSPS) is 8.91. The van der Waals surface area contributed by atoms with Crippen LogP contribution in [0.2, 0.25) is 0 Å². The molecule has 0 unspecified atom stereocenters. The molecule has 4 heteroatoms. The maximum Gasteiger partial charge on any atom is 0.413 e. The number of imide groups is 1. The van der Waals surface area contributed by atoms with Crippen LogP contribution < -0.4 is 5.32 Å². The lowest BCUT2D eigenvalue weighted by molar-refractivity contribution is -0.118. The molecule has 1 N–H and O–H groups in total. The molecule has 0 atom stereocenters. The summed E-state index contributed by atoms with van der Waals surface area (Å²) in [5.74, 6) is -0.397. The molecule has 0 heterocycles. The second-order valence-electron chi connectivity index (χ2n) is 2.17. The van der Waals surface area contributed by atoms with E-state index in [1.54, 1.807) is 0 Å². The van der Waals surface area contributed by atoms with Crippen molar-refractivity contribution in [1.29, 1.82) is 0 Å². The number of carbonyl (C=O) groups excluding carboxylic acids is 2. The minimum absolute atomic E-state index is 0.371. The minimum Gasteiger partial charge on any atom is -0.449 e. The van der Waals surface area contributed by atoms with Gasteiger partial charge in [0.25, 0.3) is 0 Å². The Labute approximate surface area is 65.9 Å². The summed E-state index contributed by atoms with van der Waals surface area (Å²) >= 11 is 0. The number of hydrogen-bond acceptors (Lipinski definition) is 3. The molecule has 0 saturated carbocycles. The van der Waals surface area contributed by atoms with E-state index in [-0.39, 0.29) is 0 Å². The Kier molecular flexibility index (Phi) is 5.15. The molecule has 0 saturated heterocycles. The van der Waals surface area contributed by atoms with E-state index in [9.17, 15) is 9.59 Å². The fourth-order valence-electron chi connectivity index (χ4n) is 0.489. The van der Waals surface area contributed by atoms with Gasteiger partial charge in [0, 0.05) is 6.92 Å². The quantitative estimate of drug-likeness (QED) is 0.626. The van der Waals surface area contributed by atoms with E-state index in [1.807, 2.05) is 12.2 Å². The van der Waals surface area contributed by atoms with Gasteiger partial charge in [0.2, 0.25) is 5.91 Å². The zero-order chi connectivity index (χ0) is 8.69. The van der Waals surface area contributed by atoms with E-state index >= 15 is 0 Å². The first-order valence-electron chi connectivity index (χ1n) is 3.61. The maximum atomic E-state index is 10.6. The third kappa shape index (κ3) is 6.83. The molecule has 0 rings (SSSR count). The number of rotatable bonds is 3. The van der Waals surface area contributed by atoms with E-state index in [0.29, 0.717) is 6.61 Å². The van der Waals surface area contributed by atoms with Gasteiger partial charge in [-0.05, 0) is 6.42 Å². The molecule has 64 valence electrons. The molecule has 11 heavy (non-hydrogen) atoms. The summed E-state index contributed by atoms with van der Waals surface area (Å²) in [6.07, 6.45) is 1.13. The number of nitrogens with one attached hydrogen (secondary N) is 1. The van der Waals surface area contributed by atoms with E-state index < -0.39 is 12.0 Å². The van der Waals surface area contributed by atoms with Crippen LogP contribution >= 0.6 is 0 Å². The van der Waals surface area contributed by atoms with Crippen LogP contribution in [0.5, 0.6) is 0 Å². The molecule has 0 aliphatic rings. The first-order chi connectivity index (χ1) is 5.16. The van der Waals surface area contributed by atoms with Crippen LogP contribution in [0.3, 0.4) is 0 Å².